The van der Waals surface area contributed by atoms with E-state index in [1.165, 1.54) is 0 Å². The minimum atomic E-state index is -0.0444. The summed E-state index contributed by atoms with van der Waals surface area (Å²) in [4.78, 5) is 4.34. The van der Waals surface area contributed by atoms with Crippen LogP contribution in [0.25, 0.3) is 0 Å². The Kier molecular flexibility index (Phi) is 2.07. The summed E-state index contributed by atoms with van der Waals surface area (Å²) >= 11 is 0. The van der Waals surface area contributed by atoms with Crippen LogP contribution in [0.1, 0.15) is 27.7 Å². The van der Waals surface area contributed by atoms with Gasteiger partial charge in [0.25, 0.3) is 6.02 Å². The molecule has 1 heterocycles. The zero-order chi connectivity index (χ0) is 8.48. The van der Waals surface area contributed by atoms with Crippen molar-refractivity contribution in [1.82, 2.24) is 5.32 Å². The van der Waals surface area contributed by atoms with Crippen LogP contribution in [0.4, 0.5) is 0 Å². The van der Waals surface area contributed by atoms with Gasteiger partial charge in [0, 0.05) is 6.04 Å². The maximum absolute atomic E-state index is 5.32. The number of nitrogens with zero attached hydrogens (tertiary/aromatic N) is 1. The van der Waals surface area contributed by atoms with Crippen LogP contribution in [0.2, 0.25) is 0 Å². The molecular formula is C8H16N2O. The monoisotopic (exact) mass is 156 g/mol. The Hall–Kier alpha value is -0.730. The highest BCUT2D eigenvalue weighted by Crippen LogP contribution is 2.15. The zero-order valence-electron chi connectivity index (χ0n) is 7.64. The Bertz CT molecular complexity index is 173. The summed E-state index contributed by atoms with van der Waals surface area (Å²) in [6.45, 7) is 8.93. The number of hydrogen-bond donors (Lipinski definition) is 1. The molecule has 0 saturated heterocycles. The van der Waals surface area contributed by atoms with Crippen LogP contribution >= 0.6 is 0 Å². The molecule has 0 saturated carbocycles. The molecule has 3 nitrogen and oxygen atoms in total. The summed E-state index contributed by atoms with van der Waals surface area (Å²) in [6.07, 6.45) is 0. The van der Waals surface area contributed by atoms with Gasteiger partial charge in [0.1, 0.15) is 6.61 Å². The standard InChI is InChI=1S/C8H16N2O/c1-6(2)9-7-10-8(3,4)5-11-7/h6H,5H2,1-4H3,(H,9,10). The molecule has 1 aliphatic heterocycles. The molecule has 1 aliphatic rings. The van der Waals surface area contributed by atoms with Crippen molar-refractivity contribution in [2.24, 2.45) is 4.99 Å². The minimum Gasteiger partial charge on any atom is -0.463 e. The molecular weight excluding hydrogens is 140 g/mol. The van der Waals surface area contributed by atoms with Gasteiger partial charge in [-0.25, -0.2) is 4.99 Å². The SMILES string of the molecule is CC(C)NC1=NC(C)(C)CO1. The second kappa shape index (κ2) is 2.72. The third-order valence-corrected chi connectivity index (χ3v) is 1.38. The molecule has 0 bridgehead atoms. The van der Waals surface area contributed by atoms with Crippen molar-refractivity contribution in [3.63, 3.8) is 0 Å². The van der Waals surface area contributed by atoms with Gasteiger partial charge in [0.15, 0.2) is 0 Å². The van der Waals surface area contributed by atoms with Crippen molar-refractivity contribution in [2.45, 2.75) is 39.3 Å². The summed E-state index contributed by atoms with van der Waals surface area (Å²) < 4.78 is 5.32. The fourth-order valence-corrected chi connectivity index (χ4v) is 0.905. The van der Waals surface area contributed by atoms with E-state index in [1.54, 1.807) is 0 Å². The molecule has 3 heteroatoms. The van der Waals surface area contributed by atoms with Crippen LogP contribution in [0, 0.1) is 0 Å². The Balaban J connectivity index is 2.49. The molecule has 0 aromatic rings. The van der Waals surface area contributed by atoms with Gasteiger partial charge < -0.3 is 10.1 Å². The third-order valence-electron chi connectivity index (χ3n) is 1.38. The minimum absolute atomic E-state index is 0.0444. The second-order valence-corrected chi connectivity index (χ2v) is 3.82. The lowest BCUT2D eigenvalue weighted by Crippen LogP contribution is -2.30. The van der Waals surface area contributed by atoms with E-state index in [0.29, 0.717) is 18.7 Å². The molecule has 0 aromatic carbocycles. The first kappa shape index (κ1) is 8.37. The van der Waals surface area contributed by atoms with Crippen molar-refractivity contribution in [2.75, 3.05) is 6.61 Å². The van der Waals surface area contributed by atoms with E-state index < -0.39 is 0 Å². The molecule has 1 N–H and O–H groups in total. The average Bonchev–Trinajstić information content (AvgIpc) is 2.08. The predicted octanol–water partition coefficient (Wildman–Crippen LogP) is 1.15. The van der Waals surface area contributed by atoms with E-state index in [0.717, 1.165) is 0 Å². The Morgan fingerprint density at radius 2 is 2.18 bits per heavy atom. The van der Waals surface area contributed by atoms with Gasteiger partial charge in [-0.1, -0.05) is 0 Å². The summed E-state index contributed by atoms with van der Waals surface area (Å²) in [5, 5.41) is 3.13. The van der Waals surface area contributed by atoms with Crippen LogP contribution < -0.4 is 5.32 Å². The number of aliphatic imine (C=N–C) groups is 1. The molecule has 0 atom stereocenters. The quantitative estimate of drug-likeness (QED) is 0.618. The van der Waals surface area contributed by atoms with E-state index in [-0.39, 0.29) is 5.54 Å². The Labute approximate surface area is 67.8 Å². The van der Waals surface area contributed by atoms with E-state index in [9.17, 15) is 0 Å². The summed E-state index contributed by atoms with van der Waals surface area (Å²) in [5.74, 6) is 0. The number of ether oxygens (including phenoxy) is 1. The topological polar surface area (TPSA) is 33.6 Å². The normalized spacial score (nSPS) is 21.4. The molecule has 0 aliphatic carbocycles. The number of hydrogen-bond acceptors (Lipinski definition) is 3. The molecule has 0 unspecified atom stereocenters. The van der Waals surface area contributed by atoms with Crippen molar-refractivity contribution in [3.8, 4) is 0 Å². The van der Waals surface area contributed by atoms with Crippen LogP contribution in [0.15, 0.2) is 4.99 Å². The zero-order valence-corrected chi connectivity index (χ0v) is 7.64. The van der Waals surface area contributed by atoms with E-state index >= 15 is 0 Å². The molecule has 11 heavy (non-hydrogen) atoms. The molecule has 0 radical (unpaired) electrons. The third kappa shape index (κ3) is 2.41. The summed E-state index contributed by atoms with van der Waals surface area (Å²) in [7, 11) is 0. The lowest BCUT2D eigenvalue weighted by atomic mass is 10.1. The van der Waals surface area contributed by atoms with Crippen molar-refractivity contribution in [1.29, 1.82) is 0 Å². The number of amidine groups is 1. The fourth-order valence-electron chi connectivity index (χ4n) is 0.905. The molecule has 0 fully saturated rings. The fraction of sp³-hybridized carbons (Fsp3) is 0.875. The van der Waals surface area contributed by atoms with Crippen molar-refractivity contribution < 1.29 is 4.74 Å². The summed E-state index contributed by atoms with van der Waals surface area (Å²) in [5.41, 5.74) is -0.0444. The summed E-state index contributed by atoms with van der Waals surface area (Å²) in [6, 6.07) is 1.08. The van der Waals surface area contributed by atoms with Crippen LogP contribution in [-0.4, -0.2) is 24.2 Å². The maximum atomic E-state index is 5.32. The molecule has 1 rings (SSSR count). The highest BCUT2D eigenvalue weighted by Gasteiger charge is 2.26. The first-order valence-electron chi connectivity index (χ1n) is 3.99. The van der Waals surface area contributed by atoms with Crippen molar-refractivity contribution in [3.05, 3.63) is 0 Å². The second-order valence-electron chi connectivity index (χ2n) is 3.82. The Morgan fingerprint density at radius 3 is 2.55 bits per heavy atom. The van der Waals surface area contributed by atoms with Crippen LogP contribution in [0.5, 0.6) is 0 Å². The van der Waals surface area contributed by atoms with Crippen LogP contribution in [0.3, 0.4) is 0 Å². The molecule has 0 aromatic heterocycles. The maximum Gasteiger partial charge on any atom is 0.285 e. The Morgan fingerprint density at radius 1 is 1.55 bits per heavy atom. The van der Waals surface area contributed by atoms with E-state index in [4.69, 9.17) is 4.74 Å². The lowest BCUT2D eigenvalue weighted by molar-refractivity contribution is 0.268. The van der Waals surface area contributed by atoms with Crippen LogP contribution in [-0.2, 0) is 4.74 Å². The largest absolute Gasteiger partial charge is 0.463 e. The van der Waals surface area contributed by atoms with Gasteiger partial charge >= 0.3 is 0 Å². The van der Waals surface area contributed by atoms with Gasteiger partial charge in [-0.2, -0.15) is 0 Å². The molecule has 64 valence electrons. The molecule has 0 amide bonds. The van der Waals surface area contributed by atoms with E-state index in [1.807, 2.05) is 0 Å². The smallest absolute Gasteiger partial charge is 0.285 e. The van der Waals surface area contributed by atoms with E-state index in [2.05, 4.69) is 38.0 Å². The first-order valence-corrected chi connectivity index (χ1v) is 3.99. The number of rotatable bonds is 1. The average molecular weight is 156 g/mol. The van der Waals surface area contributed by atoms with Gasteiger partial charge in [-0.15, -0.1) is 0 Å². The van der Waals surface area contributed by atoms with Gasteiger partial charge in [0.05, 0.1) is 5.54 Å². The highest BCUT2D eigenvalue weighted by molar-refractivity contribution is 5.75. The number of nitrogens with one attached hydrogen (secondary N) is 1. The van der Waals surface area contributed by atoms with Gasteiger partial charge in [-0.3, -0.25) is 0 Å². The van der Waals surface area contributed by atoms with Gasteiger partial charge in [-0.05, 0) is 27.7 Å². The lowest BCUT2D eigenvalue weighted by Gasteiger charge is -2.07. The first-order chi connectivity index (χ1) is 4.99. The highest BCUT2D eigenvalue weighted by atomic mass is 16.5. The predicted molar refractivity (Wildman–Crippen MR) is 45.7 cm³/mol. The van der Waals surface area contributed by atoms with Gasteiger partial charge in [0.2, 0.25) is 0 Å². The van der Waals surface area contributed by atoms with Crippen molar-refractivity contribution >= 4 is 6.02 Å². The molecule has 0 spiro atoms.